The van der Waals surface area contributed by atoms with E-state index in [1.54, 1.807) is 17.3 Å². The van der Waals surface area contributed by atoms with E-state index in [0.717, 1.165) is 22.3 Å². The highest BCUT2D eigenvalue weighted by molar-refractivity contribution is 7.09. The van der Waals surface area contributed by atoms with Crippen molar-refractivity contribution >= 4 is 41.2 Å². The number of carbonyl (C=O) groups is 5. The lowest BCUT2D eigenvalue weighted by molar-refractivity contribution is -0.149. The summed E-state index contributed by atoms with van der Waals surface area (Å²) >= 11 is 1.21. The first-order chi connectivity index (χ1) is 25.8. The second-order valence-corrected chi connectivity index (χ2v) is 15.8. The van der Waals surface area contributed by atoms with Gasteiger partial charge in [0.05, 0.1) is 13.0 Å². The molecule has 1 fully saturated rings. The van der Waals surface area contributed by atoms with Gasteiger partial charge in [-0.3, -0.25) is 19.2 Å². The molecule has 3 aromatic rings. The third kappa shape index (κ3) is 9.47. The van der Waals surface area contributed by atoms with Gasteiger partial charge in [-0.2, -0.15) is 0 Å². The lowest BCUT2D eigenvalue weighted by Crippen LogP contribution is -2.54. The van der Waals surface area contributed by atoms with Crippen molar-refractivity contribution < 1.29 is 38.2 Å². The standard InChI is InChI=1S/C41H52N4O8S/c1-23(2)34(20-35(53-25(5)46)38-43-33(22-54-38)37(47)42-27-18-16-26(17-19-27)40(49)51-7)45(6)39(48)36(24(3)4)44-41(50)52-21-32-30-14-10-8-12-28(30)29-13-9-11-15-31(29)32/h8-15,22-24,26-27,32,34-36H,16-21H2,1-7H3,(H,42,47)(H,44,50)/t26?,27?,34-,35-,36+/m1/s1. The summed E-state index contributed by atoms with van der Waals surface area (Å²) in [5, 5.41) is 7.91. The van der Waals surface area contributed by atoms with Gasteiger partial charge in [0.1, 0.15) is 23.4 Å². The summed E-state index contributed by atoms with van der Waals surface area (Å²) in [5.74, 6) is -1.98. The molecule has 12 nitrogen and oxygen atoms in total. The normalized spacial score (nSPS) is 18.2. The smallest absolute Gasteiger partial charge is 0.407 e. The molecule has 1 saturated carbocycles. The molecule has 290 valence electrons. The van der Waals surface area contributed by atoms with Gasteiger partial charge < -0.3 is 29.7 Å². The number of likely N-dealkylation sites (N-methyl/N-ethyl adjacent to an activating group) is 1. The number of carbonyl (C=O) groups excluding carboxylic acids is 5. The zero-order valence-corrected chi connectivity index (χ0v) is 32.9. The molecular formula is C41H52N4O8S. The van der Waals surface area contributed by atoms with E-state index < -0.39 is 30.3 Å². The summed E-state index contributed by atoms with van der Waals surface area (Å²) < 4.78 is 16.4. The molecule has 2 aliphatic carbocycles. The fourth-order valence-electron chi connectivity index (χ4n) is 7.60. The van der Waals surface area contributed by atoms with Gasteiger partial charge in [-0.1, -0.05) is 76.2 Å². The minimum absolute atomic E-state index is 0.0675. The molecule has 3 atom stereocenters. The van der Waals surface area contributed by atoms with Crippen molar-refractivity contribution in [3.8, 4) is 11.1 Å². The van der Waals surface area contributed by atoms with Gasteiger partial charge in [0.15, 0.2) is 6.10 Å². The maximum atomic E-state index is 14.1. The topological polar surface area (TPSA) is 153 Å². The van der Waals surface area contributed by atoms with Crippen LogP contribution in [0.3, 0.4) is 0 Å². The van der Waals surface area contributed by atoms with Crippen LogP contribution in [-0.2, 0) is 28.6 Å². The number of nitrogens with zero attached hydrogens (tertiary/aromatic N) is 2. The van der Waals surface area contributed by atoms with Crippen molar-refractivity contribution in [1.29, 1.82) is 0 Å². The quantitative estimate of drug-likeness (QED) is 0.136. The number of fused-ring (bicyclic) bond motifs is 3. The third-order valence-electron chi connectivity index (χ3n) is 10.6. The van der Waals surface area contributed by atoms with E-state index in [0.29, 0.717) is 30.7 Å². The number of esters is 2. The predicted octanol–water partition coefficient (Wildman–Crippen LogP) is 6.65. The Balaban J connectivity index is 1.22. The van der Waals surface area contributed by atoms with Gasteiger partial charge in [-0.05, 0) is 59.8 Å². The molecule has 2 N–H and O–H groups in total. The number of hydrogen-bond acceptors (Lipinski definition) is 10. The monoisotopic (exact) mass is 760 g/mol. The van der Waals surface area contributed by atoms with Crippen LogP contribution in [0.2, 0.25) is 0 Å². The maximum absolute atomic E-state index is 14.1. The number of alkyl carbamates (subject to hydrolysis) is 1. The Morgan fingerprint density at radius 1 is 0.907 bits per heavy atom. The van der Waals surface area contributed by atoms with Crippen molar-refractivity contribution in [2.45, 2.75) is 96.9 Å². The van der Waals surface area contributed by atoms with Gasteiger partial charge in [0, 0.05) is 43.8 Å². The lowest BCUT2D eigenvalue weighted by Gasteiger charge is -2.36. The molecule has 2 aromatic carbocycles. The number of nitrogens with one attached hydrogen (secondary N) is 2. The van der Waals surface area contributed by atoms with Gasteiger partial charge in [-0.25, -0.2) is 9.78 Å². The van der Waals surface area contributed by atoms with Crippen LogP contribution >= 0.6 is 11.3 Å². The third-order valence-corrected chi connectivity index (χ3v) is 11.5. The molecule has 0 unspecified atom stereocenters. The molecule has 1 aromatic heterocycles. The number of rotatable bonds is 14. The SMILES string of the molecule is COC(=O)C1CCC(NC(=O)c2csc([C@@H](C[C@H](C(C)C)N(C)C(=O)[C@@H](NC(=O)OCC3c4ccccc4-c4ccccc43)C(C)C)OC(C)=O)n2)CC1. The minimum atomic E-state index is -0.878. The highest BCUT2D eigenvalue weighted by Crippen LogP contribution is 2.44. The molecule has 5 rings (SSSR count). The van der Waals surface area contributed by atoms with Crippen LogP contribution in [-0.4, -0.2) is 78.6 Å². The number of amides is 3. The number of methoxy groups -OCH3 is 1. The fourth-order valence-corrected chi connectivity index (χ4v) is 8.44. The van der Waals surface area contributed by atoms with Crippen molar-refractivity contribution in [3.63, 3.8) is 0 Å². The first-order valence-electron chi connectivity index (χ1n) is 18.7. The van der Waals surface area contributed by atoms with Crippen LogP contribution in [0.15, 0.2) is 53.9 Å². The highest BCUT2D eigenvalue weighted by atomic mass is 32.1. The summed E-state index contributed by atoms with van der Waals surface area (Å²) in [7, 11) is 3.07. The summed E-state index contributed by atoms with van der Waals surface area (Å²) in [6.07, 6.45) is 1.31. The first kappa shape index (κ1) is 40.4. The average Bonchev–Trinajstić information content (AvgIpc) is 3.77. The molecule has 0 radical (unpaired) electrons. The van der Waals surface area contributed by atoms with Crippen molar-refractivity contribution in [1.82, 2.24) is 20.5 Å². The largest absolute Gasteiger partial charge is 0.469 e. The molecule has 0 aliphatic heterocycles. The van der Waals surface area contributed by atoms with E-state index in [-0.39, 0.29) is 66.2 Å². The Kier molecular flexibility index (Phi) is 13.5. The van der Waals surface area contributed by atoms with E-state index in [1.165, 1.54) is 25.4 Å². The van der Waals surface area contributed by atoms with E-state index in [4.69, 9.17) is 14.2 Å². The molecule has 3 amide bonds. The summed E-state index contributed by atoms with van der Waals surface area (Å²) in [4.78, 5) is 70.9. The van der Waals surface area contributed by atoms with Crippen LogP contribution in [0.4, 0.5) is 4.79 Å². The van der Waals surface area contributed by atoms with Crippen molar-refractivity contribution in [2.24, 2.45) is 17.8 Å². The molecule has 0 bridgehead atoms. The van der Waals surface area contributed by atoms with Crippen LogP contribution < -0.4 is 10.6 Å². The van der Waals surface area contributed by atoms with Crippen LogP contribution in [0.1, 0.15) is 105 Å². The van der Waals surface area contributed by atoms with E-state index >= 15 is 0 Å². The summed E-state index contributed by atoms with van der Waals surface area (Å²) in [6, 6.07) is 14.8. The number of aromatic nitrogens is 1. The zero-order chi connectivity index (χ0) is 39.1. The number of ether oxygens (including phenoxy) is 3. The highest BCUT2D eigenvalue weighted by Gasteiger charge is 2.36. The summed E-state index contributed by atoms with van der Waals surface area (Å²) in [5.41, 5.74) is 4.65. The van der Waals surface area contributed by atoms with Crippen LogP contribution in [0, 0.1) is 17.8 Å². The van der Waals surface area contributed by atoms with Gasteiger partial charge >= 0.3 is 18.0 Å². The minimum Gasteiger partial charge on any atom is -0.469 e. The Morgan fingerprint density at radius 3 is 2.07 bits per heavy atom. The van der Waals surface area contributed by atoms with E-state index in [1.807, 2.05) is 64.1 Å². The number of hydrogen-bond donors (Lipinski definition) is 2. The first-order valence-corrected chi connectivity index (χ1v) is 19.6. The Morgan fingerprint density at radius 2 is 1.52 bits per heavy atom. The molecule has 13 heteroatoms. The zero-order valence-electron chi connectivity index (χ0n) is 32.1. The van der Waals surface area contributed by atoms with Crippen LogP contribution in [0.25, 0.3) is 11.1 Å². The fraction of sp³-hybridized carbons (Fsp3) is 0.512. The van der Waals surface area contributed by atoms with Gasteiger partial charge in [-0.15, -0.1) is 11.3 Å². The molecule has 1 heterocycles. The molecule has 0 spiro atoms. The molecule has 0 saturated heterocycles. The predicted molar refractivity (Wildman–Crippen MR) is 205 cm³/mol. The number of benzene rings is 2. The van der Waals surface area contributed by atoms with E-state index in [9.17, 15) is 24.0 Å². The Bertz CT molecular complexity index is 1770. The van der Waals surface area contributed by atoms with Crippen molar-refractivity contribution in [3.05, 3.63) is 75.7 Å². The van der Waals surface area contributed by atoms with Crippen LogP contribution in [0.5, 0.6) is 0 Å². The second kappa shape index (κ2) is 18.0. The van der Waals surface area contributed by atoms with E-state index in [2.05, 4.69) is 27.8 Å². The van der Waals surface area contributed by atoms with Crippen molar-refractivity contribution in [2.75, 3.05) is 20.8 Å². The Hall–Kier alpha value is -4.78. The van der Waals surface area contributed by atoms with Gasteiger partial charge in [0.25, 0.3) is 5.91 Å². The number of thiazole rings is 1. The molecule has 54 heavy (non-hydrogen) atoms. The maximum Gasteiger partial charge on any atom is 0.407 e. The second-order valence-electron chi connectivity index (χ2n) is 14.9. The summed E-state index contributed by atoms with van der Waals surface area (Å²) in [6.45, 7) is 9.10. The molecule has 2 aliphatic rings. The van der Waals surface area contributed by atoms with Gasteiger partial charge in [0.2, 0.25) is 5.91 Å². The molecular weight excluding hydrogens is 709 g/mol. The average molecular weight is 761 g/mol. The lowest BCUT2D eigenvalue weighted by atomic mass is 9.86. The Labute approximate surface area is 321 Å².